The summed E-state index contributed by atoms with van der Waals surface area (Å²) >= 11 is 0. The van der Waals surface area contributed by atoms with E-state index in [2.05, 4.69) is 20.6 Å². The molecule has 1 fully saturated rings. The first-order valence-electron chi connectivity index (χ1n) is 13.1. The van der Waals surface area contributed by atoms with Gasteiger partial charge >= 0.3 is 0 Å². The number of nitrogens with zero attached hydrogens (tertiary/aromatic N) is 3. The molecule has 2 N–H and O–H groups in total. The Morgan fingerprint density at radius 2 is 1.90 bits per heavy atom. The molecule has 3 atom stereocenters. The van der Waals surface area contributed by atoms with E-state index in [4.69, 9.17) is 0 Å². The van der Waals surface area contributed by atoms with Crippen LogP contribution in [0.25, 0.3) is 6.08 Å². The SMILES string of the molecule is CC(C)C1NC(C)(c2cc(F)cc(F)c2)N(CC=Cc2cnc3c(c2)CC2(C3)C(=O)Nc3ncccc32)C1=O. The maximum Gasteiger partial charge on any atom is 0.242 e. The van der Waals surface area contributed by atoms with Gasteiger partial charge in [-0.25, -0.2) is 13.8 Å². The lowest BCUT2D eigenvalue weighted by Crippen LogP contribution is -2.47. The molecule has 2 aliphatic heterocycles. The van der Waals surface area contributed by atoms with Gasteiger partial charge in [0.1, 0.15) is 23.1 Å². The summed E-state index contributed by atoms with van der Waals surface area (Å²) in [6.45, 7) is 5.87. The molecule has 6 rings (SSSR count). The van der Waals surface area contributed by atoms with E-state index >= 15 is 0 Å². The van der Waals surface area contributed by atoms with Crippen LogP contribution in [0.1, 0.15) is 48.7 Å². The first-order chi connectivity index (χ1) is 18.6. The Hall–Kier alpha value is -3.98. The Morgan fingerprint density at radius 3 is 2.64 bits per heavy atom. The Kier molecular flexibility index (Phi) is 5.87. The van der Waals surface area contributed by atoms with Crippen molar-refractivity contribution in [2.45, 2.75) is 50.7 Å². The summed E-state index contributed by atoms with van der Waals surface area (Å²) in [6.07, 6.45) is 8.21. The molecule has 0 saturated carbocycles. The number of halogens is 2. The van der Waals surface area contributed by atoms with Gasteiger partial charge in [-0.1, -0.05) is 32.1 Å². The van der Waals surface area contributed by atoms with E-state index in [0.717, 1.165) is 28.5 Å². The van der Waals surface area contributed by atoms with Gasteiger partial charge in [0.05, 0.1) is 11.5 Å². The highest BCUT2D eigenvalue weighted by atomic mass is 19.1. The van der Waals surface area contributed by atoms with Crippen molar-refractivity contribution in [3.05, 3.63) is 94.5 Å². The molecule has 1 spiro atoms. The minimum absolute atomic E-state index is 0.00874. The number of benzene rings is 1. The van der Waals surface area contributed by atoms with E-state index in [1.54, 1.807) is 24.2 Å². The first kappa shape index (κ1) is 25.3. The molecule has 9 heteroatoms. The normalized spacial score (nSPS) is 25.7. The van der Waals surface area contributed by atoms with Gasteiger partial charge in [0.2, 0.25) is 11.8 Å². The maximum atomic E-state index is 14.1. The summed E-state index contributed by atoms with van der Waals surface area (Å²) in [5.41, 5.74) is 2.20. The molecule has 2 aromatic heterocycles. The number of aromatic nitrogens is 2. The van der Waals surface area contributed by atoms with Crippen LogP contribution in [0, 0.1) is 17.6 Å². The number of carbonyl (C=O) groups is 2. The zero-order valence-corrected chi connectivity index (χ0v) is 22.0. The van der Waals surface area contributed by atoms with Crippen molar-refractivity contribution in [3.8, 4) is 0 Å². The van der Waals surface area contributed by atoms with E-state index in [1.807, 2.05) is 44.2 Å². The molecule has 0 radical (unpaired) electrons. The lowest BCUT2D eigenvalue weighted by molar-refractivity contribution is -0.132. The number of carbonyl (C=O) groups excluding carboxylic acids is 2. The molecule has 1 aromatic carbocycles. The molecule has 3 aliphatic rings. The van der Waals surface area contributed by atoms with Crippen molar-refractivity contribution in [2.24, 2.45) is 5.92 Å². The second-order valence-electron chi connectivity index (χ2n) is 11.1. The highest BCUT2D eigenvalue weighted by Gasteiger charge is 2.52. The zero-order valence-electron chi connectivity index (χ0n) is 22.0. The van der Waals surface area contributed by atoms with Gasteiger partial charge in [-0.15, -0.1) is 0 Å². The Balaban J connectivity index is 1.25. The fourth-order valence-corrected chi connectivity index (χ4v) is 6.15. The average molecular weight is 530 g/mol. The van der Waals surface area contributed by atoms with Gasteiger partial charge in [-0.2, -0.15) is 0 Å². The molecule has 1 saturated heterocycles. The van der Waals surface area contributed by atoms with E-state index in [9.17, 15) is 18.4 Å². The van der Waals surface area contributed by atoms with Crippen LogP contribution < -0.4 is 10.6 Å². The predicted molar refractivity (Wildman–Crippen MR) is 142 cm³/mol. The molecule has 3 unspecified atom stereocenters. The van der Waals surface area contributed by atoms with E-state index in [-0.39, 0.29) is 24.3 Å². The van der Waals surface area contributed by atoms with Crippen LogP contribution in [0.3, 0.4) is 0 Å². The quantitative estimate of drug-likeness (QED) is 0.520. The zero-order chi connectivity index (χ0) is 27.5. The molecule has 39 heavy (non-hydrogen) atoms. The third-order valence-corrected chi connectivity index (χ3v) is 8.23. The highest BCUT2D eigenvalue weighted by Crippen LogP contribution is 2.46. The molecule has 3 aromatic rings. The van der Waals surface area contributed by atoms with Gasteiger partial charge in [-0.3, -0.25) is 19.9 Å². The molecular weight excluding hydrogens is 500 g/mol. The first-order valence-corrected chi connectivity index (χ1v) is 13.1. The van der Waals surface area contributed by atoms with Gasteiger partial charge in [0.15, 0.2) is 0 Å². The number of fused-ring (bicyclic) bond motifs is 3. The highest BCUT2D eigenvalue weighted by molar-refractivity contribution is 6.06. The summed E-state index contributed by atoms with van der Waals surface area (Å²) < 4.78 is 28.2. The molecule has 2 amide bonds. The number of hydrogen-bond donors (Lipinski definition) is 2. The molecule has 0 bridgehead atoms. The Morgan fingerprint density at radius 1 is 1.13 bits per heavy atom. The van der Waals surface area contributed by atoms with E-state index < -0.39 is 28.8 Å². The second-order valence-corrected chi connectivity index (χ2v) is 11.1. The number of rotatable bonds is 5. The largest absolute Gasteiger partial charge is 0.315 e. The fourth-order valence-electron chi connectivity index (χ4n) is 6.15. The predicted octanol–water partition coefficient (Wildman–Crippen LogP) is 4.09. The van der Waals surface area contributed by atoms with Crippen LogP contribution in [-0.2, 0) is 33.5 Å². The van der Waals surface area contributed by atoms with Crippen LogP contribution >= 0.6 is 0 Å². The number of pyridine rings is 2. The van der Waals surface area contributed by atoms with Crippen LogP contribution in [-0.4, -0.2) is 39.3 Å². The van der Waals surface area contributed by atoms with Gasteiger partial charge in [-0.05, 0) is 60.2 Å². The average Bonchev–Trinajstić information content (AvgIpc) is 3.49. The molecule has 1 aliphatic carbocycles. The third kappa shape index (κ3) is 4.03. The smallest absolute Gasteiger partial charge is 0.242 e. The van der Waals surface area contributed by atoms with Crippen LogP contribution in [0.15, 0.2) is 54.9 Å². The standard InChI is InChI=1S/C30H29F2N5O2/c1-17(2)25-27(38)37(29(3,36-25)20-11-21(31)13-22(32)12-20)9-5-6-18-10-19-14-30(15-24(19)34-16-18)23-7-4-8-33-26(23)35-28(30)39/h4-8,10-13,16-17,25,36H,9,14-15H2,1-3H3,(H,33,35,39). The Labute approximate surface area is 225 Å². The van der Waals surface area contributed by atoms with Crippen molar-refractivity contribution >= 4 is 23.7 Å². The summed E-state index contributed by atoms with van der Waals surface area (Å²) in [4.78, 5) is 36.9. The minimum atomic E-state index is -1.08. The van der Waals surface area contributed by atoms with Crippen LogP contribution in [0.2, 0.25) is 0 Å². The number of nitrogens with one attached hydrogen (secondary N) is 2. The van der Waals surface area contributed by atoms with Crippen molar-refractivity contribution in [3.63, 3.8) is 0 Å². The molecule has 4 heterocycles. The number of amides is 2. The van der Waals surface area contributed by atoms with Crippen LogP contribution in [0.5, 0.6) is 0 Å². The molecule has 7 nitrogen and oxygen atoms in total. The number of hydrogen-bond acceptors (Lipinski definition) is 5. The Bertz CT molecular complexity index is 1520. The van der Waals surface area contributed by atoms with Crippen LogP contribution in [0.4, 0.5) is 14.6 Å². The van der Waals surface area contributed by atoms with Crippen molar-refractivity contribution in [2.75, 3.05) is 11.9 Å². The monoisotopic (exact) mass is 529 g/mol. The minimum Gasteiger partial charge on any atom is -0.315 e. The van der Waals surface area contributed by atoms with Gasteiger partial charge in [0, 0.05) is 42.7 Å². The molecular formula is C30H29F2N5O2. The lowest BCUT2D eigenvalue weighted by Gasteiger charge is -2.35. The summed E-state index contributed by atoms with van der Waals surface area (Å²) in [7, 11) is 0. The second kappa shape index (κ2) is 9.05. The summed E-state index contributed by atoms with van der Waals surface area (Å²) in [5.74, 6) is -0.971. The van der Waals surface area contributed by atoms with Gasteiger partial charge < -0.3 is 10.2 Å². The van der Waals surface area contributed by atoms with Crippen molar-refractivity contribution in [1.29, 1.82) is 0 Å². The lowest BCUT2D eigenvalue weighted by atomic mass is 9.80. The fraction of sp³-hybridized carbons (Fsp3) is 0.333. The van der Waals surface area contributed by atoms with E-state index in [0.29, 0.717) is 24.2 Å². The van der Waals surface area contributed by atoms with Crippen molar-refractivity contribution < 1.29 is 18.4 Å². The van der Waals surface area contributed by atoms with Gasteiger partial charge in [0.25, 0.3) is 0 Å². The summed E-state index contributed by atoms with van der Waals surface area (Å²) in [6, 6.07) is 8.67. The number of anilines is 1. The third-order valence-electron chi connectivity index (χ3n) is 8.23. The summed E-state index contributed by atoms with van der Waals surface area (Å²) in [5, 5.41) is 6.22. The van der Waals surface area contributed by atoms with E-state index in [1.165, 1.54) is 12.1 Å². The maximum absolute atomic E-state index is 14.1. The molecule has 200 valence electrons. The van der Waals surface area contributed by atoms with Crippen molar-refractivity contribution in [1.82, 2.24) is 20.2 Å². The topological polar surface area (TPSA) is 87.2 Å².